The molecule has 3 heterocycles. The third kappa shape index (κ3) is 5.05. The molecule has 1 aliphatic heterocycles. The van der Waals surface area contributed by atoms with Crippen molar-refractivity contribution in [3.8, 4) is 11.3 Å². The monoisotopic (exact) mass is 515 g/mol. The molecule has 194 valence electrons. The molecule has 5 rings (SSSR count). The number of hydrogen-bond donors (Lipinski definition) is 2. The fraction of sp³-hybridized carbons (Fsp3) is 0.207. The van der Waals surface area contributed by atoms with Crippen molar-refractivity contribution in [1.29, 1.82) is 0 Å². The standard InChI is InChI=1S/C29H27F2N5O2/c1-18(32-2)28(37)34-25-8-10-26(20-3-5-22(30)6-4-20)36(29(25)38)17-19-13-24(16-33-15-19)35-12-11-21-14-23(31)7-9-27(21)35/h3-10,13-16,18,32H,11-12,17H2,1-2H3,(H,34,37)/t18-/m0/s1. The maximum absolute atomic E-state index is 13.7. The Morgan fingerprint density at radius 1 is 1.03 bits per heavy atom. The first-order valence-corrected chi connectivity index (χ1v) is 12.3. The van der Waals surface area contributed by atoms with Crippen LogP contribution in [-0.4, -0.2) is 35.1 Å². The van der Waals surface area contributed by atoms with E-state index in [-0.39, 0.29) is 29.8 Å². The first-order valence-electron chi connectivity index (χ1n) is 12.3. The van der Waals surface area contributed by atoms with Crippen molar-refractivity contribution in [3.05, 3.63) is 106 Å². The van der Waals surface area contributed by atoms with Gasteiger partial charge in [0.15, 0.2) is 0 Å². The smallest absolute Gasteiger partial charge is 0.275 e. The van der Waals surface area contributed by atoms with Crippen LogP contribution in [0.4, 0.5) is 25.8 Å². The molecule has 0 saturated carbocycles. The summed E-state index contributed by atoms with van der Waals surface area (Å²) in [5.74, 6) is -0.977. The van der Waals surface area contributed by atoms with E-state index in [1.165, 1.54) is 18.2 Å². The van der Waals surface area contributed by atoms with Crippen LogP contribution < -0.4 is 21.1 Å². The number of likely N-dealkylation sites (N-methyl/N-ethyl adjacent to an activating group) is 1. The Labute approximate surface area is 218 Å². The van der Waals surface area contributed by atoms with Crippen LogP contribution in [0.1, 0.15) is 18.1 Å². The molecule has 2 N–H and O–H groups in total. The number of anilines is 3. The number of nitrogens with one attached hydrogen (secondary N) is 2. The molecular formula is C29H27F2N5O2. The van der Waals surface area contributed by atoms with E-state index in [0.717, 1.165) is 28.9 Å². The molecule has 2 aromatic heterocycles. The molecule has 9 heteroatoms. The van der Waals surface area contributed by atoms with Crippen molar-refractivity contribution >= 4 is 23.0 Å². The summed E-state index contributed by atoms with van der Waals surface area (Å²) < 4.78 is 28.9. The third-order valence-electron chi connectivity index (χ3n) is 6.77. The van der Waals surface area contributed by atoms with Crippen molar-refractivity contribution in [2.75, 3.05) is 23.8 Å². The number of carbonyl (C=O) groups excluding carboxylic acids is 1. The van der Waals surface area contributed by atoms with Crippen LogP contribution in [0.3, 0.4) is 0 Å². The van der Waals surface area contributed by atoms with Gasteiger partial charge in [0, 0.05) is 18.4 Å². The molecule has 38 heavy (non-hydrogen) atoms. The van der Waals surface area contributed by atoms with Crippen LogP contribution in [0.15, 0.2) is 77.9 Å². The maximum Gasteiger partial charge on any atom is 0.275 e. The number of nitrogens with zero attached hydrogens (tertiary/aromatic N) is 3. The molecule has 0 spiro atoms. The SMILES string of the molecule is CN[C@@H](C)C(=O)Nc1ccc(-c2ccc(F)cc2)n(Cc2cncc(N3CCc4cc(F)ccc43)c2)c1=O. The number of carbonyl (C=O) groups is 1. The van der Waals surface area contributed by atoms with Crippen LogP contribution in [-0.2, 0) is 17.8 Å². The highest BCUT2D eigenvalue weighted by Crippen LogP contribution is 2.35. The first kappa shape index (κ1) is 25.3. The third-order valence-corrected chi connectivity index (χ3v) is 6.77. The highest BCUT2D eigenvalue weighted by Gasteiger charge is 2.22. The van der Waals surface area contributed by atoms with Crippen molar-refractivity contribution < 1.29 is 13.6 Å². The zero-order valence-corrected chi connectivity index (χ0v) is 21.0. The highest BCUT2D eigenvalue weighted by molar-refractivity contribution is 5.94. The number of pyridine rings is 2. The van der Waals surface area contributed by atoms with Gasteiger partial charge in [0.1, 0.15) is 17.3 Å². The lowest BCUT2D eigenvalue weighted by atomic mass is 10.1. The second-order valence-corrected chi connectivity index (χ2v) is 9.26. The van der Waals surface area contributed by atoms with Gasteiger partial charge >= 0.3 is 0 Å². The van der Waals surface area contributed by atoms with Crippen LogP contribution in [0.2, 0.25) is 0 Å². The van der Waals surface area contributed by atoms with Crippen LogP contribution >= 0.6 is 0 Å². The predicted molar refractivity (Wildman–Crippen MR) is 144 cm³/mol. The zero-order chi connectivity index (χ0) is 26.8. The van der Waals surface area contributed by atoms with Crippen molar-refractivity contribution in [2.45, 2.75) is 25.9 Å². The van der Waals surface area contributed by atoms with E-state index in [9.17, 15) is 18.4 Å². The molecule has 4 aromatic rings. The van der Waals surface area contributed by atoms with Crippen LogP contribution in [0.5, 0.6) is 0 Å². The predicted octanol–water partition coefficient (Wildman–Crippen LogP) is 4.48. The van der Waals surface area contributed by atoms with E-state index in [2.05, 4.69) is 20.5 Å². The van der Waals surface area contributed by atoms with E-state index >= 15 is 0 Å². The fourth-order valence-electron chi connectivity index (χ4n) is 4.60. The Kier molecular flexibility index (Phi) is 7.02. The lowest BCUT2D eigenvalue weighted by molar-refractivity contribution is -0.117. The quantitative estimate of drug-likeness (QED) is 0.380. The molecule has 0 radical (unpaired) electrons. The number of hydrogen-bond acceptors (Lipinski definition) is 5. The maximum atomic E-state index is 13.7. The van der Waals surface area contributed by atoms with Gasteiger partial charge in [-0.1, -0.05) is 0 Å². The minimum Gasteiger partial charge on any atom is -0.340 e. The molecular weight excluding hydrogens is 488 g/mol. The molecule has 0 unspecified atom stereocenters. The summed E-state index contributed by atoms with van der Waals surface area (Å²) in [6.07, 6.45) is 4.14. The minimum atomic E-state index is -0.489. The van der Waals surface area contributed by atoms with Gasteiger partial charge in [-0.25, -0.2) is 8.78 Å². The van der Waals surface area contributed by atoms with E-state index in [1.54, 1.807) is 67.3 Å². The summed E-state index contributed by atoms with van der Waals surface area (Å²) in [6.45, 7) is 2.56. The Hall–Kier alpha value is -4.37. The number of fused-ring (bicyclic) bond motifs is 1. The van der Waals surface area contributed by atoms with E-state index in [4.69, 9.17) is 0 Å². The molecule has 0 fully saturated rings. The molecule has 0 aliphatic carbocycles. The van der Waals surface area contributed by atoms with Gasteiger partial charge in [0.05, 0.1) is 30.2 Å². The molecule has 1 atom stereocenters. The van der Waals surface area contributed by atoms with E-state index in [0.29, 0.717) is 17.8 Å². The van der Waals surface area contributed by atoms with Gasteiger partial charge in [0.2, 0.25) is 5.91 Å². The van der Waals surface area contributed by atoms with Gasteiger partial charge in [-0.05, 0) is 97.7 Å². The molecule has 1 aliphatic rings. The Morgan fingerprint density at radius 2 is 1.79 bits per heavy atom. The Bertz CT molecular complexity index is 1550. The molecule has 0 saturated heterocycles. The van der Waals surface area contributed by atoms with Crippen molar-refractivity contribution in [2.24, 2.45) is 0 Å². The zero-order valence-electron chi connectivity index (χ0n) is 21.0. The van der Waals surface area contributed by atoms with Gasteiger partial charge in [0.25, 0.3) is 5.56 Å². The van der Waals surface area contributed by atoms with Gasteiger partial charge in [-0.3, -0.25) is 14.6 Å². The highest BCUT2D eigenvalue weighted by atomic mass is 19.1. The van der Waals surface area contributed by atoms with Gasteiger partial charge in [-0.2, -0.15) is 0 Å². The molecule has 2 aromatic carbocycles. The molecule has 7 nitrogen and oxygen atoms in total. The normalized spacial score (nSPS) is 13.3. The summed E-state index contributed by atoms with van der Waals surface area (Å²) in [6, 6.07) is 15.4. The van der Waals surface area contributed by atoms with Crippen molar-refractivity contribution in [1.82, 2.24) is 14.9 Å². The summed E-state index contributed by atoms with van der Waals surface area (Å²) in [5.41, 5.74) is 4.43. The van der Waals surface area contributed by atoms with E-state index in [1.807, 2.05) is 6.07 Å². The lowest BCUT2D eigenvalue weighted by Crippen LogP contribution is -2.37. The van der Waals surface area contributed by atoms with Crippen LogP contribution in [0.25, 0.3) is 11.3 Å². The first-order chi connectivity index (χ1) is 18.3. The largest absolute Gasteiger partial charge is 0.340 e. The van der Waals surface area contributed by atoms with E-state index < -0.39 is 11.6 Å². The van der Waals surface area contributed by atoms with Gasteiger partial charge < -0.3 is 20.1 Å². The second kappa shape index (κ2) is 10.5. The summed E-state index contributed by atoms with van der Waals surface area (Å²) in [5, 5.41) is 5.55. The lowest BCUT2D eigenvalue weighted by Gasteiger charge is -2.21. The fourth-order valence-corrected chi connectivity index (χ4v) is 4.60. The Balaban J connectivity index is 1.53. The van der Waals surface area contributed by atoms with Crippen molar-refractivity contribution in [3.63, 3.8) is 0 Å². The number of aromatic nitrogens is 2. The number of rotatable bonds is 7. The molecule has 0 bridgehead atoms. The average molecular weight is 516 g/mol. The second-order valence-electron chi connectivity index (χ2n) is 9.26. The summed E-state index contributed by atoms with van der Waals surface area (Å²) in [4.78, 5) is 32.6. The van der Waals surface area contributed by atoms with Gasteiger partial charge in [-0.15, -0.1) is 0 Å². The molecule has 1 amide bonds. The number of amides is 1. The average Bonchev–Trinajstić information content (AvgIpc) is 3.34. The minimum absolute atomic E-state index is 0.141. The topological polar surface area (TPSA) is 79.3 Å². The van der Waals surface area contributed by atoms with Crippen LogP contribution in [0, 0.1) is 11.6 Å². The Morgan fingerprint density at radius 3 is 2.55 bits per heavy atom. The summed E-state index contributed by atoms with van der Waals surface area (Å²) >= 11 is 0. The number of benzene rings is 2. The summed E-state index contributed by atoms with van der Waals surface area (Å²) in [7, 11) is 1.66. The number of halogens is 2.